The molecule has 0 aromatic carbocycles. The van der Waals surface area contributed by atoms with Gasteiger partial charge in [-0.15, -0.1) is 11.3 Å². The van der Waals surface area contributed by atoms with Gasteiger partial charge in [-0.3, -0.25) is 4.79 Å². The van der Waals surface area contributed by atoms with Crippen molar-refractivity contribution in [2.24, 2.45) is 5.41 Å². The first-order valence-electron chi connectivity index (χ1n) is 7.44. The van der Waals surface area contributed by atoms with Crippen molar-refractivity contribution >= 4 is 17.2 Å². The van der Waals surface area contributed by atoms with Crippen molar-refractivity contribution in [3.05, 3.63) is 16.1 Å². The number of rotatable bonds is 5. The van der Waals surface area contributed by atoms with Crippen LogP contribution in [0.5, 0.6) is 0 Å². The SMILES string of the molecule is CCCC1(C(=O)N(C)Cc2scnc2C)CCCNC1. The lowest BCUT2D eigenvalue weighted by Gasteiger charge is -2.39. The lowest BCUT2D eigenvalue weighted by molar-refractivity contribution is -0.143. The molecule has 112 valence electrons. The van der Waals surface area contributed by atoms with Crippen molar-refractivity contribution in [3.63, 3.8) is 0 Å². The van der Waals surface area contributed by atoms with Crippen LogP contribution in [-0.2, 0) is 11.3 Å². The van der Waals surface area contributed by atoms with Crippen LogP contribution < -0.4 is 5.32 Å². The second-order valence-corrected chi connectivity index (χ2v) is 6.77. The smallest absolute Gasteiger partial charge is 0.230 e. The Hall–Kier alpha value is -0.940. The summed E-state index contributed by atoms with van der Waals surface area (Å²) >= 11 is 1.63. The second kappa shape index (κ2) is 6.68. The summed E-state index contributed by atoms with van der Waals surface area (Å²) in [5.41, 5.74) is 2.70. The van der Waals surface area contributed by atoms with Crippen LogP contribution >= 0.6 is 11.3 Å². The van der Waals surface area contributed by atoms with Crippen LogP contribution in [0.3, 0.4) is 0 Å². The third kappa shape index (κ3) is 3.20. The zero-order valence-electron chi connectivity index (χ0n) is 12.7. The van der Waals surface area contributed by atoms with Gasteiger partial charge in [0, 0.05) is 18.5 Å². The van der Waals surface area contributed by atoms with Crippen molar-refractivity contribution in [3.8, 4) is 0 Å². The van der Waals surface area contributed by atoms with E-state index >= 15 is 0 Å². The molecule has 1 aromatic heterocycles. The highest BCUT2D eigenvalue weighted by molar-refractivity contribution is 7.09. The molecular formula is C15H25N3OS. The van der Waals surface area contributed by atoms with Gasteiger partial charge < -0.3 is 10.2 Å². The van der Waals surface area contributed by atoms with E-state index < -0.39 is 0 Å². The molecule has 1 aliphatic rings. The molecule has 0 radical (unpaired) electrons. The minimum absolute atomic E-state index is 0.194. The van der Waals surface area contributed by atoms with Crippen LogP contribution in [-0.4, -0.2) is 35.9 Å². The Kier molecular flexibility index (Phi) is 5.16. The van der Waals surface area contributed by atoms with Crippen LogP contribution in [0.2, 0.25) is 0 Å². The van der Waals surface area contributed by atoms with E-state index in [1.165, 1.54) is 4.88 Å². The summed E-state index contributed by atoms with van der Waals surface area (Å²) in [5, 5.41) is 3.41. The molecule has 2 heterocycles. The summed E-state index contributed by atoms with van der Waals surface area (Å²) in [6, 6.07) is 0. The fourth-order valence-corrected chi connectivity index (χ4v) is 3.95. The Morgan fingerprint density at radius 3 is 2.95 bits per heavy atom. The van der Waals surface area contributed by atoms with Gasteiger partial charge in [-0.1, -0.05) is 13.3 Å². The van der Waals surface area contributed by atoms with Gasteiger partial charge >= 0.3 is 0 Å². The maximum absolute atomic E-state index is 12.9. The maximum Gasteiger partial charge on any atom is 0.230 e. The lowest BCUT2D eigenvalue weighted by atomic mass is 9.76. The first kappa shape index (κ1) is 15.4. The molecular weight excluding hydrogens is 270 g/mol. The van der Waals surface area contributed by atoms with Gasteiger partial charge in [0.1, 0.15) is 0 Å². The molecule has 1 fully saturated rings. The minimum atomic E-state index is -0.194. The minimum Gasteiger partial charge on any atom is -0.340 e. The topological polar surface area (TPSA) is 45.2 Å². The van der Waals surface area contributed by atoms with E-state index in [-0.39, 0.29) is 5.41 Å². The second-order valence-electron chi connectivity index (χ2n) is 5.83. The normalized spacial score (nSPS) is 22.8. The monoisotopic (exact) mass is 295 g/mol. The Bertz CT molecular complexity index is 446. The Morgan fingerprint density at radius 1 is 1.60 bits per heavy atom. The molecule has 1 saturated heterocycles. The highest BCUT2D eigenvalue weighted by atomic mass is 32.1. The molecule has 0 saturated carbocycles. The zero-order valence-corrected chi connectivity index (χ0v) is 13.6. The van der Waals surface area contributed by atoms with Gasteiger partial charge in [0.05, 0.1) is 23.2 Å². The molecule has 1 aromatic rings. The highest BCUT2D eigenvalue weighted by Gasteiger charge is 2.40. The van der Waals surface area contributed by atoms with Gasteiger partial charge in [0.25, 0.3) is 0 Å². The van der Waals surface area contributed by atoms with E-state index in [2.05, 4.69) is 17.2 Å². The Balaban J connectivity index is 2.08. The number of aromatic nitrogens is 1. The van der Waals surface area contributed by atoms with Crippen molar-refractivity contribution in [1.82, 2.24) is 15.2 Å². The van der Waals surface area contributed by atoms with E-state index in [1.54, 1.807) is 11.3 Å². The maximum atomic E-state index is 12.9. The third-order valence-corrected chi connectivity index (χ3v) is 5.15. The first-order valence-corrected chi connectivity index (χ1v) is 8.32. The van der Waals surface area contributed by atoms with Gasteiger partial charge in [-0.05, 0) is 32.7 Å². The largest absolute Gasteiger partial charge is 0.340 e. The summed E-state index contributed by atoms with van der Waals surface area (Å²) in [7, 11) is 1.92. The molecule has 1 unspecified atom stereocenters. The number of thiazole rings is 1. The molecule has 20 heavy (non-hydrogen) atoms. The number of piperidine rings is 1. The molecule has 1 aliphatic heterocycles. The molecule has 1 atom stereocenters. The fourth-order valence-electron chi connectivity index (χ4n) is 3.12. The zero-order chi connectivity index (χ0) is 14.6. The third-order valence-electron chi connectivity index (χ3n) is 4.23. The number of hydrogen-bond donors (Lipinski definition) is 1. The molecule has 0 spiro atoms. The molecule has 5 heteroatoms. The lowest BCUT2D eigenvalue weighted by Crippen LogP contribution is -2.50. The summed E-state index contributed by atoms with van der Waals surface area (Å²) in [6.45, 7) is 6.72. The van der Waals surface area contributed by atoms with Gasteiger partial charge in [0.2, 0.25) is 5.91 Å². The van der Waals surface area contributed by atoms with Gasteiger partial charge in [0.15, 0.2) is 0 Å². The average Bonchev–Trinajstić information content (AvgIpc) is 2.85. The van der Waals surface area contributed by atoms with Crippen LogP contribution in [0.15, 0.2) is 5.51 Å². The van der Waals surface area contributed by atoms with Crippen molar-refractivity contribution < 1.29 is 4.79 Å². The standard InChI is InChI=1S/C15H25N3OS/c1-4-6-15(7-5-8-16-10-15)14(19)18(3)9-13-12(2)17-11-20-13/h11,16H,4-10H2,1-3H3. The van der Waals surface area contributed by atoms with Crippen LogP contribution in [0.25, 0.3) is 0 Å². The van der Waals surface area contributed by atoms with E-state index in [0.717, 1.165) is 44.5 Å². The number of nitrogens with zero attached hydrogens (tertiary/aromatic N) is 2. The van der Waals surface area contributed by atoms with Crippen molar-refractivity contribution in [2.75, 3.05) is 20.1 Å². The number of aryl methyl sites for hydroxylation is 1. The highest BCUT2D eigenvalue weighted by Crippen LogP contribution is 2.34. The molecule has 2 rings (SSSR count). The van der Waals surface area contributed by atoms with Gasteiger partial charge in [-0.2, -0.15) is 0 Å². The van der Waals surface area contributed by atoms with E-state index in [0.29, 0.717) is 12.5 Å². The molecule has 0 bridgehead atoms. The Labute approximate surface area is 125 Å². The quantitative estimate of drug-likeness (QED) is 0.908. The molecule has 4 nitrogen and oxygen atoms in total. The van der Waals surface area contributed by atoms with Crippen LogP contribution in [0.1, 0.15) is 43.2 Å². The number of amides is 1. The Morgan fingerprint density at radius 2 is 2.40 bits per heavy atom. The first-order chi connectivity index (χ1) is 9.59. The number of carbonyl (C=O) groups excluding carboxylic acids is 1. The van der Waals surface area contributed by atoms with Crippen molar-refractivity contribution in [1.29, 1.82) is 0 Å². The van der Waals surface area contributed by atoms with E-state index in [1.807, 2.05) is 24.4 Å². The molecule has 0 aliphatic carbocycles. The van der Waals surface area contributed by atoms with Crippen molar-refractivity contribution in [2.45, 2.75) is 46.1 Å². The van der Waals surface area contributed by atoms with Gasteiger partial charge in [-0.25, -0.2) is 4.98 Å². The van der Waals surface area contributed by atoms with Crippen LogP contribution in [0, 0.1) is 12.3 Å². The predicted octanol–water partition coefficient (Wildman–Crippen LogP) is 2.58. The molecule has 1 amide bonds. The summed E-state index contributed by atoms with van der Waals surface area (Å²) in [5.74, 6) is 0.291. The number of hydrogen-bond acceptors (Lipinski definition) is 4. The van der Waals surface area contributed by atoms with Crippen LogP contribution in [0.4, 0.5) is 0 Å². The van der Waals surface area contributed by atoms with E-state index in [9.17, 15) is 4.79 Å². The average molecular weight is 295 g/mol. The van der Waals surface area contributed by atoms with E-state index in [4.69, 9.17) is 0 Å². The summed E-state index contributed by atoms with van der Waals surface area (Å²) < 4.78 is 0. The molecule has 1 N–H and O–H groups in total. The predicted molar refractivity (Wildman–Crippen MR) is 82.8 cm³/mol. The summed E-state index contributed by atoms with van der Waals surface area (Å²) in [4.78, 5) is 20.3. The number of nitrogens with one attached hydrogen (secondary N) is 1. The fraction of sp³-hybridized carbons (Fsp3) is 0.733. The number of carbonyl (C=O) groups is 1. The summed E-state index contributed by atoms with van der Waals surface area (Å²) in [6.07, 6.45) is 4.14.